The Hall–Kier alpha value is -2.10. The number of anilines is 2. The van der Waals surface area contributed by atoms with Crippen molar-refractivity contribution >= 4 is 11.6 Å². The van der Waals surface area contributed by atoms with Crippen molar-refractivity contribution in [1.29, 1.82) is 0 Å². The third-order valence-electron chi connectivity index (χ3n) is 2.86. The first-order valence-electron chi connectivity index (χ1n) is 6.60. The maximum Gasteiger partial charge on any atom is 0.224 e. The molecule has 0 atom stereocenters. The number of rotatable bonds is 6. The molecule has 0 aliphatic carbocycles. The summed E-state index contributed by atoms with van der Waals surface area (Å²) in [5.74, 6) is 0.783. The van der Waals surface area contributed by atoms with Crippen LogP contribution in [0.1, 0.15) is 18.9 Å². The highest BCUT2D eigenvalue weighted by molar-refractivity contribution is 5.43. The van der Waals surface area contributed by atoms with E-state index in [9.17, 15) is 0 Å². The van der Waals surface area contributed by atoms with Gasteiger partial charge in [-0.1, -0.05) is 25.1 Å². The lowest BCUT2D eigenvalue weighted by Gasteiger charge is -2.15. The first-order valence-corrected chi connectivity index (χ1v) is 6.60. The van der Waals surface area contributed by atoms with Crippen LogP contribution in [0.5, 0.6) is 0 Å². The molecular weight excluding hydrogens is 236 g/mol. The van der Waals surface area contributed by atoms with Crippen molar-refractivity contribution in [2.75, 3.05) is 23.8 Å². The Balaban J connectivity index is 1.92. The van der Waals surface area contributed by atoms with Crippen LogP contribution in [0, 0.1) is 0 Å². The van der Waals surface area contributed by atoms with Gasteiger partial charge < -0.3 is 10.2 Å². The molecule has 0 aliphatic rings. The van der Waals surface area contributed by atoms with Gasteiger partial charge in [-0.15, -0.1) is 0 Å². The molecule has 1 heterocycles. The normalized spacial score (nSPS) is 10.2. The summed E-state index contributed by atoms with van der Waals surface area (Å²) in [6.45, 7) is 3.86. The molecule has 0 fully saturated rings. The van der Waals surface area contributed by atoms with Gasteiger partial charge >= 0.3 is 0 Å². The maximum atomic E-state index is 4.38. The van der Waals surface area contributed by atoms with Gasteiger partial charge in [-0.25, -0.2) is 9.97 Å². The quantitative estimate of drug-likeness (QED) is 0.862. The predicted molar refractivity (Wildman–Crippen MR) is 79.4 cm³/mol. The van der Waals surface area contributed by atoms with Crippen LogP contribution in [0.2, 0.25) is 0 Å². The molecule has 4 heteroatoms. The van der Waals surface area contributed by atoms with Crippen molar-refractivity contribution in [3.05, 3.63) is 48.3 Å². The SMILES string of the molecule is CCCN(C)c1ncc(CNc2ccccc2)cn1. The number of nitrogens with zero attached hydrogens (tertiary/aromatic N) is 3. The van der Waals surface area contributed by atoms with Crippen molar-refractivity contribution in [2.24, 2.45) is 0 Å². The molecule has 0 bridgehead atoms. The summed E-state index contributed by atoms with van der Waals surface area (Å²) in [5.41, 5.74) is 2.19. The van der Waals surface area contributed by atoms with E-state index in [1.54, 1.807) is 0 Å². The van der Waals surface area contributed by atoms with Crippen LogP contribution >= 0.6 is 0 Å². The molecule has 0 spiro atoms. The molecule has 100 valence electrons. The Bertz CT molecular complexity index is 481. The molecule has 2 aromatic rings. The average molecular weight is 256 g/mol. The zero-order valence-electron chi connectivity index (χ0n) is 11.5. The van der Waals surface area contributed by atoms with Crippen LogP contribution in [-0.2, 0) is 6.54 Å². The summed E-state index contributed by atoms with van der Waals surface area (Å²) < 4.78 is 0. The minimum Gasteiger partial charge on any atom is -0.381 e. The van der Waals surface area contributed by atoms with Gasteiger partial charge in [0.15, 0.2) is 0 Å². The summed E-state index contributed by atoms with van der Waals surface area (Å²) in [7, 11) is 2.01. The van der Waals surface area contributed by atoms with Gasteiger partial charge in [-0.3, -0.25) is 0 Å². The van der Waals surface area contributed by atoms with Gasteiger partial charge in [0.25, 0.3) is 0 Å². The first-order chi connectivity index (χ1) is 9.29. The molecule has 0 saturated heterocycles. The van der Waals surface area contributed by atoms with E-state index >= 15 is 0 Å². The second-order valence-corrected chi connectivity index (χ2v) is 4.53. The van der Waals surface area contributed by atoms with Crippen LogP contribution in [0.25, 0.3) is 0 Å². The van der Waals surface area contributed by atoms with Crippen molar-refractivity contribution in [3.63, 3.8) is 0 Å². The minimum atomic E-state index is 0.738. The van der Waals surface area contributed by atoms with Crippen LogP contribution in [0.4, 0.5) is 11.6 Å². The van der Waals surface area contributed by atoms with Crippen molar-refractivity contribution in [2.45, 2.75) is 19.9 Å². The Morgan fingerprint density at radius 3 is 2.42 bits per heavy atom. The van der Waals surface area contributed by atoms with Crippen molar-refractivity contribution in [1.82, 2.24) is 9.97 Å². The lowest BCUT2D eigenvalue weighted by atomic mass is 10.3. The van der Waals surface area contributed by atoms with E-state index < -0.39 is 0 Å². The second-order valence-electron chi connectivity index (χ2n) is 4.53. The highest BCUT2D eigenvalue weighted by atomic mass is 15.2. The minimum absolute atomic E-state index is 0.738. The third-order valence-corrected chi connectivity index (χ3v) is 2.86. The lowest BCUT2D eigenvalue weighted by Crippen LogP contribution is -2.20. The van der Waals surface area contributed by atoms with Gasteiger partial charge in [0.2, 0.25) is 5.95 Å². The summed E-state index contributed by atoms with van der Waals surface area (Å²) in [5, 5.41) is 3.34. The summed E-state index contributed by atoms with van der Waals surface area (Å²) >= 11 is 0. The molecule has 0 amide bonds. The Morgan fingerprint density at radius 1 is 1.11 bits per heavy atom. The zero-order valence-corrected chi connectivity index (χ0v) is 11.5. The van der Waals surface area contributed by atoms with E-state index in [1.165, 1.54) is 0 Å². The molecule has 0 aliphatic heterocycles. The van der Waals surface area contributed by atoms with Gasteiger partial charge in [0.05, 0.1) is 0 Å². The van der Waals surface area contributed by atoms with Crippen LogP contribution < -0.4 is 10.2 Å². The number of aromatic nitrogens is 2. The van der Waals surface area contributed by atoms with E-state index in [0.29, 0.717) is 0 Å². The van der Waals surface area contributed by atoms with E-state index in [-0.39, 0.29) is 0 Å². The molecule has 0 radical (unpaired) electrons. The molecule has 0 saturated carbocycles. The predicted octanol–water partition coefficient (Wildman–Crippen LogP) is 2.93. The number of benzene rings is 1. The monoisotopic (exact) mass is 256 g/mol. The summed E-state index contributed by atoms with van der Waals surface area (Å²) in [6.07, 6.45) is 4.85. The molecular formula is C15H20N4. The molecule has 1 aromatic carbocycles. The number of hydrogen-bond donors (Lipinski definition) is 1. The third kappa shape index (κ3) is 3.95. The second kappa shape index (κ2) is 6.73. The molecule has 1 aromatic heterocycles. The number of nitrogens with one attached hydrogen (secondary N) is 1. The van der Waals surface area contributed by atoms with Crippen LogP contribution in [0.3, 0.4) is 0 Å². The smallest absolute Gasteiger partial charge is 0.224 e. The molecule has 1 N–H and O–H groups in total. The van der Waals surface area contributed by atoms with Crippen molar-refractivity contribution < 1.29 is 0 Å². The Morgan fingerprint density at radius 2 is 1.79 bits per heavy atom. The molecule has 0 unspecified atom stereocenters. The van der Waals surface area contributed by atoms with E-state index in [0.717, 1.165) is 36.7 Å². The zero-order chi connectivity index (χ0) is 13.5. The van der Waals surface area contributed by atoms with Crippen LogP contribution in [0.15, 0.2) is 42.7 Å². The Labute approximate surface area is 114 Å². The highest BCUT2D eigenvalue weighted by Gasteiger charge is 2.02. The number of hydrogen-bond acceptors (Lipinski definition) is 4. The fraction of sp³-hybridized carbons (Fsp3) is 0.333. The van der Waals surface area contributed by atoms with Gasteiger partial charge in [-0.2, -0.15) is 0 Å². The standard InChI is InChI=1S/C15H20N4/c1-3-9-19(2)15-17-11-13(12-18-15)10-16-14-7-5-4-6-8-14/h4-8,11-12,16H,3,9-10H2,1-2H3. The van der Waals surface area contributed by atoms with Gasteiger partial charge in [-0.05, 0) is 18.6 Å². The fourth-order valence-corrected chi connectivity index (χ4v) is 1.83. The van der Waals surface area contributed by atoms with Crippen molar-refractivity contribution in [3.8, 4) is 0 Å². The largest absolute Gasteiger partial charge is 0.381 e. The van der Waals surface area contributed by atoms with E-state index in [2.05, 4.69) is 27.1 Å². The molecule has 4 nitrogen and oxygen atoms in total. The first kappa shape index (κ1) is 13.3. The van der Waals surface area contributed by atoms with E-state index in [1.807, 2.05) is 49.8 Å². The maximum absolute atomic E-state index is 4.38. The topological polar surface area (TPSA) is 41.1 Å². The molecule has 2 rings (SSSR count). The molecule has 19 heavy (non-hydrogen) atoms. The summed E-state index contributed by atoms with van der Waals surface area (Å²) in [4.78, 5) is 10.8. The van der Waals surface area contributed by atoms with Gasteiger partial charge in [0, 0.05) is 43.8 Å². The average Bonchev–Trinajstić information content (AvgIpc) is 2.47. The lowest BCUT2D eigenvalue weighted by molar-refractivity contribution is 0.815. The fourth-order valence-electron chi connectivity index (χ4n) is 1.83. The number of para-hydroxylation sites is 1. The highest BCUT2D eigenvalue weighted by Crippen LogP contribution is 2.09. The summed E-state index contributed by atoms with van der Waals surface area (Å²) in [6, 6.07) is 10.1. The van der Waals surface area contributed by atoms with E-state index in [4.69, 9.17) is 0 Å². The van der Waals surface area contributed by atoms with Gasteiger partial charge in [0.1, 0.15) is 0 Å². The van der Waals surface area contributed by atoms with Crippen LogP contribution in [-0.4, -0.2) is 23.6 Å². The Kier molecular flexibility index (Phi) is 4.72.